The molecule has 0 heterocycles. The lowest BCUT2D eigenvalue weighted by Gasteiger charge is -2.30. The molecule has 7 heteroatoms. The van der Waals surface area contributed by atoms with Crippen LogP contribution in [0.25, 0.3) is 0 Å². The molecule has 0 saturated heterocycles. The van der Waals surface area contributed by atoms with E-state index in [0.717, 1.165) is 25.7 Å². The van der Waals surface area contributed by atoms with Crippen molar-refractivity contribution in [1.82, 2.24) is 5.32 Å². The van der Waals surface area contributed by atoms with E-state index in [0.29, 0.717) is 25.8 Å². The predicted octanol–water partition coefficient (Wildman–Crippen LogP) is 2.12. The molecule has 118 valence electrons. The lowest BCUT2D eigenvalue weighted by Crippen LogP contribution is -2.41. The zero-order valence-corrected chi connectivity index (χ0v) is 11.5. The van der Waals surface area contributed by atoms with E-state index in [2.05, 4.69) is 5.32 Å². The Hall–Kier alpha value is -0.820. The molecule has 1 fully saturated rings. The van der Waals surface area contributed by atoms with Gasteiger partial charge in [0, 0.05) is 12.5 Å². The van der Waals surface area contributed by atoms with Crippen LogP contribution in [0.15, 0.2) is 0 Å². The van der Waals surface area contributed by atoms with Gasteiger partial charge in [-0.15, -0.1) is 0 Å². The number of alkyl halides is 3. The number of rotatable bonds is 7. The van der Waals surface area contributed by atoms with Crippen LogP contribution in [0.2, 0.25) is 0 Å². The predicted molar refractivity (Wildman–Crippen MR) is 69.1 cm³/mol. The Bertz CT molecular complexity index is 298. The molecule has 20 heavy (non-hydrogen) atoms. The number of unbranched alkanes of at least 4 members (excludes halogenated alkanes) is 1. The van der Waals surface area contributed by atoms with Gasteiger partial charge in [-0.1, -0.05) is 0 Å². The first-order valence-corrected chi connectivity index (χ1v) is 7.08. The Morgan fingerprint density at radius 1 is 1.30 bits per heavy atom. The number of carbonyl (C=O) groups is 1. The molecule has 0 radical (unpaired) electrons. The van der Waals surface area contributed by atoms with Crippen molar-refractivity contribution < 1.29 is 22.7 Å². The Morgan fingerprint density at radius 2 is 2.05 bits per heavy atom. The van der Waals surface area contributed by atoms with Crippen LogP contribution in [0.5, 0.6) is 0 Å². The fourth-order valence-corrected chi connectivity index (χ4v) is 2.37. The summed E-state index contributed by atoms with van der Waals surface area (Å²) < 4.78 is 41.1. The lowest BCUT2D eigenvalue weighted by atomic mass is 9.92. The number of nitrogens with one attached hydrogen (secondary N) is 1. The van der Waals surface area contributed by atoms with Crippen molar-refractivity contribution in [3.8, 4) is 0 Å². The Balaban J connectivity index is 2.24. The largest absolute Gasteiger partial charge is 0.411 e. The maximum atomic E-state index is 12.1. The van der Waals surface area contributed by atoms with Gasteiger partial charge in [-0.3, -0.25) is 4.79 Å². The zero-order chi connectivity index (χ0) is 15.0. The highest BCUT2D eigenvalue weighted by atomic mass is 19.4. The van der Waals surface area contributed by atoms with Crippen molar-refractivity contribution in [1.29, 1.82) is 0 Å². The molecule has 1 saturated carbocycles. The molecular weight excluding hydrogens is 273 g/mol. The number of ether oxygens (including phenoxy) is 1. The van der Waals surface area contributed by atoms with Crippen LogP contribution in [0.1, 0.15) is 44.9 Å². The normalized spacial score (nSPS) is 23.6. The second-order valence-electron chi connectivity index (χ2n) is 5.23. The van der Waals surface area contributed by atoms with E-state index in [1.165, 1.54) is 0 Å². The molecule has 3 N–H and O–H groups in total. The maximum Gasteiger partial charge on any atom is 0.411 e. The molecule has 0 bridgehead atoms. The van der Waals surface area contributed by atoms with E-state index in [1.54, 1.807) is 0 Å². The SMILES string of the molecule is NCCCCC(=O)NC1CCCC(OCC(F)(F)F)C1. The highest BCUT2D eigenvalue weighted by Gasteiger charge is 2.31. The summed E-state index contributed by atoms with van der Waals surface area (Å²) in [7, 11) is 0. The summed E-state index contributed by atoms with van der Waals surface area (Å²) in [6, 6.07) is -0.0765. The van der Waals surface area contributed by atoms with Crippen LogP contribution in [-0.4, -0.2) is 37.4 Å². The van der Waals surface area contributed by atoms with E-state index >= 15 is 0 Å². The minimum atomic E-state index is -4.29. The summed E-state index contributed by atoms with van der Waals surface area (Å²) in [6.45, 7) is -0.654. The standard InChI is InChI=1S/C13H23F3N2O2/c14-13(15,16)9-20-11-5-3-4-10(8-11)18-12(19)6-1-2-7-17/h10-11H,1-9,17H2,(H,18,19). The maximum absolute atomic E-state index is 12.1. The molecule has 1 aliphatic carbocycles. The van der Waals surface area contributed by atoms with Gasteiger partial charge in [-0.05, 0) is 45.1 Å². The summed E-state index contributed by atoms with van der Waals surface area (Å²) >= 11 is 0. The van der Waals surface area contributed by atoms with Gasteiger partial charge < -0.3 is 15.8 Å². The molecular formula is C13H23F3N2O2. The molecule has 1 aliphatic rings. The van der Waals surface area contributed by atoms with E-state index in [-0.39, 0.29) is 11.9 Å². The first-order valence-electron chi connectivity index (χ1n) is 7.08. The third-order valence-electron chi connectivity index (χ3n) is 3.33. The van der Waals surface area contributed by atoms with Gasteiger partial charge >= 0.3 is 6.18 Å². The van der Waals surface area contributed by atoms with Crippen molar-refractivity contribution in [3.63, 3.8) is 0 Å². The first-order chi connectivity index (χ1) is 9.40. The number of hydrogen-bond donors (Lipinski definition) is 2. The van der Waals surface area contributed by atoms with Gasteiger partial charge in [0.1, 0.15) is 6.61 Å². The number of hydrogen-bond acceptors (Lipinski definition) is 3. The number of carbonyl (C=O) groups excluding carboxylic acids is 1. The molecule has 0 aromatic carbocycles. The summed E-state index contributed by atoms with van der Waals surface area (Å²) in [4.78, 5) is 11.6. The number of nitrogens with two attached hydrogens (primary N) is 1. The quantitative estimate of drug-likeness (QED) is 0.707. The van der Waals surface area contributed by atoms with Crippen molar-refractivity contribution in [2.24, 2.45) is 5.73 Å². The van der Waals surface area contributed by atoms with Crippen LogP contribution in [0.3, 0.4) is 0 Å². The van der Waals surface area contributed by atoms with Gasteiger partial charge in [0.05, 0.1) is 6.10 Å². The number of amides is 1. The summed E-state index contributed by atoms with van der Waals surface area (Å²) in [5, 5.41) is 2.86. The van der Waals surface area contributed by atoms with Crippen LogP contribution >= 0.6 is 0 Å². The van der Waals surface area contributed by atoms with Gasteiger partial charge in [0.2, 0.25) is 5.91 Å². The Morgan fingerprint density at radius 3 is 2.70 bits per heavy atom. The van der Waals surface area contributed by atoms with E-state index in [9.17, 15) is 18.0 Å². The zero-order valence-electron chi connectivity index (χ0n) is 11.5. The molecule has 1 amide bonds. The fraction of sp³-hybridized carbons (Fsp3) is 0.923. The Kier molecular flexibility index (Phi) is 7.29. The average molecular weight is 296 g/mol. The highest BCUT2D eigenvalue weighted by molar-refractivity contribution is 5.76. The molecule has 0 aromatic heterocycles. The van der Waals surface area contributed by atoms with Gasteiger partial charge in [-0.25, -0.2) is 0 Å². The summed E-state index contributed by atoms with van der Waals surface area (Å²) in [5.74, 6) is -0.0556. The second-order valence-corrected chi connectivity index (χ2v) is 5.23. The average Bonchev–Trinajstić information content (AvgIpc) is 2.36. The summed E-state index contributed by atoms with van der Waals surface area (Å²) in [5.41, 5.74) is 5.35. The van der Waals surface area contributed by atoms with Gasteiger partial charge in [-0.2, -0.15) is 13.2 Å². The van der Waals surface area contributed by atoms with Crippen LogP contribution in [0.4, 0.5) is 13.2 Å². The molecule has 0 spiro atoms. The molecule has 0 aromatic rings. The molecule has 4 nitrogen and oxygen atoms in total. The lowest BCUT2D eigenvalue weighted by molar-refractivity contribution is -0.188. The minimum Gasteiger partial charge on any atom is -0.369 e. The first kappa shape index (κ1) is 17.2. The van der Waals surface area contributed by atoms with E-state index in [4.69, 9.17) is 10.5 Å². The van der Waals surface area contributed by atoms with Crippen LogP contribution in [-0.2, 0) is 9.53 Å². The van der Waals surface area contributed by atoms with E-state index in [1.807, 2.05) is 0 Å². The van der Waals surface area contributed by atoms with Gasteiger partial charge in [0.15, 0.2) is 0 Å². The number of halogens is 3. The summed E-state index contributed by atoms with van der Waals surface area (Å²) in [6.07, 6.45) is -0.0997. The third-order valence-corrected chi connectivity index (χ3v) is 3.33. The van der Waals surface area contributed by atoms with Crippen molar-refractivity contribution >= 4 is 5.91 Å². The van der Waals surface area contributed by atoms with Crippen molar-refractivity contribution in [2.45, 2.75) is 63.3 Å². The van der Waals surface area contributed by atoms with Crippen LogP contribution in [0, 0.1) is 0 Å². The van der Waals surface area contributed by atoms with E-state index < -0.39 is 18.9 Å². The Labute approximate surface area is 117 Å². The smallest absolute Gasteiger partial charge is 0.369 e. The molecule has 2 unspecified atom stereocenters. The van der Waals surface area contributed by atoms with Crippen molar-refractivity contribution in [2.75, 3.05) is 13.2 Å². The molecule has 0 aliphatic heterocycles. The second kappa shape index (κ2) is 8.46. The van der Waals surface area contributed by atoms with Crippen molar-refractivity contribution in [3.05, 3.63) is 0 Å². The topological polar surface area (TPSA) is 64.4 Å². The highest BCUT2D eigenvalue weighted by Crippen LogP contribution is 2.24. The molecule has 1 rings (SSSR count). The monoisotopic (exact) mass is 296 g/mol. The van der Waals surface area contributed by atoms with Crippen LogP contribution < -0.4 is 11.1 Å². The minimum absolute atomic E-state index is 0.0556. The molecule has 2 atom stereocenters. The van der Waals surface area contributed by atoms with Gasteiger partial charge in [0.25, 0.3) is 0 Å². The third kappa shape index (κ3) is 7.69. The fourth-order valence-electron chi connectivity index (χ4n) is 2.37.